The predicted octanol–water partition coefficient (Wildman–Crippen LogP) is 7.48. The maximum absolute atomic E-state index is 15.2. The lowest BCUT2D eigenvalue weighted by atomic mass is 9.56. The summed E-state index contributed by atoms with van der Waals surface area (Å²) in [4.78, 5) is 60.5. The Morgan fingerprint density at radius 1 is 1.02 bits per heavy atom. The zero-order valence-electron chi connectivity index (χ0n) is 29.7. The highest BCUT2D eigenvalue weighted by atomic mass is 79.9. The van der Waals surface area contributed by atoms with E-state index in [4.69, 9.17) is 21.4 Å². The summed E-state index contributed by atoms with van der Waals surface area (Å²) in [5, 5.41) is 17.4. The van der Waals surface area contributed by atoms with Crippen LogP contribution < -0.4 is 21.0 Å². The summed E-state index contributed by atoms with van der Waals surface area (Å²) >= 11 is 15.0. The zero-order valence-corrected chi connectivity index (χ0v) is 34.5. The van der Waals surface area contributed by atoms with Gasteiger partial charge in [-0.1, -0.05) is 35.9 Å². The van der Waals surface area contributed by atoms with Gasteiger partial charge in [-0.15, -0.1) is 11.3 Å². The third-order valence-electron chi connectivity index (χ3n) is 11.5. The smallest absolute Gasteiger partial charge is 0.352 e. The highest BCUT2D eigenvalue weighted by Gasteiger charge is 2.66. The van der Waals surface area contributed by atoms with Crippen LogP contribution in [0.5, 0.6) is 11.5 Å². The number of phenols is 1. The summed E-state index contributed by atoms with van der Waals surface area (Å²) in [6.45, 7) is 3.84. The van der Waals surface area contributed by atoms with Gasteiger partial charge in [-0.2, -0.15) is 5.10 Å². The van der Waals surface area contributed by atoms with Crippen molar-refractivity contribution in [2.45, 2.75) is 38.8 Å². The van der Waals surface area contributed by atoms with Crippen LogP contribution in [0.1, 0.15) is 36.4 Å². The van der Waals surface area contributed by atoms with Gasteiger partial charge < -0.3 is 9.84 Å². The lowest BCUT2D eigenvalue weighted by Crippen LogP contribution is -2.49. The number of nitrogens with zero attached hydrogens (tertiary/aromatic N) is 6. The number of amides is 2. The van der Waals surface area contributed by atoms with Gasteiger partial charge in [0.05, 0.1) is 46.1 Å². The third-order valence-corrected chi connectivity index (χ3v) is 15.2. The number of hydrogen-bond acceptors (Lipinski definition) is 8. The Labute approximate surface area is 339 Å². The molecule has 5 heterocycles. The number of allylic oxidation sites excluding steroid dienone is 2. The van der Waals surface area contributed by atoms with Crippen LogP contribution in [0.4, 0.5) is 5.82 Å². The molecule has 2 fully saturated rings. The Kier molecular flexibility index (Phi) is 8.28. The van der Waals surface area contributed by atoms with E-state index >= 15 is 4.79 Å². The molecule has 16 heteroatoms. The number of aryl methyl sites for hydroxylation is 2. The van der Waals surface area contributed by atoms with E-state index in [-0.39, 0.29) is 24.5 Å². The molecule has 3 aromatic carbocycles. The minimum absolute atomic E-state index is 0.0572. The SMILES string of the molecule is COc1cc([C@H]2C3=CCn4c(=O)n(-c5ccccc5)c(=O)n4[C@@H]3C[C@H]3C(=O)N(c4cc(-c5sc6ccc(Cl)cc6c5C)nn4C)C(=O)[C@@]23C)c(Br)c(Br)c1O. The summed E-state index contributed by atoms with van der Waals surface area (Å²) in [6, 6.07) is 17.0. The van der Waals surface area contributed by atoms with Crippen LogP contribution >= 0.6 is 54.8 Å². The van der Waals surface area contributed by atoms with E-state index in [2.05, 4.69) is 31.9 Å². The van der Waals surface area contributed by atoms with Gasteiger partial charge in [-0.05, 0) is 111 Å². The van der Waals surface area contributed by atoms with E-state index in [9.17, 15) is 19.5 Å². The second-order valence-electron chi connectivity index (χ2n) is 14.2. The summed E-state index contributed by atoms with van der Waals surface area (Å²) in [5.74, 6) is -2.31. The van der Waals surface area contributed by atoms with Crippen LogP contribution in [0.2, 0.25) is 5.02 Å². The van der Waals surface area contributed by atoms with Crippen LogP contribution in [0.3, 0.4) is 0 Å². The fourth-order valence-corrected chi connectivity index (χ4v) is 11.1. The number of aromatic nitrogens is 5. The summed E-state index contributed by atoms with van der Waals surface area (Å²) in [6.07, 6.45) is 1.96. The first-order valence-corrected chi connectivity index (χ1v) is 20.1. The van der Waals surface area contributed by atoms with Gasteiger partial charge in [0.2, 0.25) is 11.8 Å². The number of carbonyl (C=O) groups excluding carboxylic acids is 2. The maximum Gasteiger partial charge on any atom is 0.352 e. The first-order chi connectivity index (χ1) is 26.3. The van der Waals surface area contributed by atoms with E-state index in [1.54, 1.807) is 72.5 Å². The van der Waals surface area contributed by atoms with Gasteiger partial charge >= 0.3 is 11.4 Å². The molecule has 0 spiro atoms. The molecule has 0 unspecified atom stereocenters. The average molecular weight is 907 g/mol. The number of aromatic hydroxyl groups is 1. The van der Waals surface area contributed by atoms with Crippen LogP contribution in [0, 0.1) is 18.3 Å². The number of rotatable bonds is 5. The third kappa shape index (κ3) is 4.95. The van der Waals surface area contributed by atoms with Crippen molar-refractivity contribution in [2.75, 3.05) is 12.0 Å². The lowest BCUT2D eigenvalue weighted by molar-refractivity contribution is -0.129. The fourth-order valence-electron chi connectivity index (χ4n) is 8.83. The van der Waals surface area contributed by atoms with E-state index < -0.39 is 46.5 Å². The Hall–Kier alpha value is -4.70. The van der Waals surface area contributed by atoms with Crippen molar-refractivity contribution < 1.29 is 19.4 Å². The number of carbonyl (C=O) groups is 2. The number of para-hydroxylation sites is 1. The van der Waals surface area contributed by atoms with Crippen molar-refractivity contribution in [3.8, 4) is 27.8 Å². The number of fused-ring (bicyclic) bond motifs is 5. The number of hydrogen-bond donors (Lipinski definition) is 1. The van der Waals surface area contributed by atoms with Crippen LogP contribution in [0.15, 0.2) is 90.8 Å². The Morgan fingerprint density at radius 2 is 1.76 bits per heavy atom. The predicted molar refractivity (Wildman–Crippen MR) is 217 cm³/mol. The Morgan fingerprint density at radius 3 is 2.49 bits per heavy atom. The van der Waals surface area contributed by atoms with Gasteiger partial charge in [-0.3, -0.25) is 14.3 Å². The molecular formula is C39H31Br2ClN6O6S. The van der Waals surface area contributed by atoms with E-state index in [1.807, 2.05) is 31.2 Å². The summed E-state index contributed by atoms with van der Waals surface area (Å²) in [7, 11) is 3.13. The first kappa shape index (κ1) is 36.0. The Bertz CT molecular complexity index is 2820. The van der Waals surface area contributed by atoms with Crippen molar-refractivity contribution in [3.05, 3.63) is 118 Å². The number of ether oxygens (including phenoxy) is 1. The topological polar surface area (TPSA) is 134 Å². The molecule has 3 aliphatic rings. The summed E-state index contributed by atoms with van der Waals surface area (Å²) in [5.41, 5.74) is 0.816. The zero-order chi connectivity index (χ0) is 38.8. The van der Waals surface area contributed by atoms with Gasteiger partial charge in [0.15, 0.2) is 11.5 Å². The van der Waals surface area contributed by atoms with Crippen molar-refractivity contribution in [1.29, 1.82) is 0 Å². The number of benzene rings is 3. The largest absolute Gasteiger partial charge is 0.503 e. The van der Waals surface area contributed by atoms with Crippen molar-refractivity contribution in [3.63, 3.8) is 0 Å². The van der Waals surface area contributed by atoms with Crippen molar-refractivity contribution >= 4 is 82.5 Å². The molecule has 3 aromatic heterocycles. The van der Waals surface area contributed by atoms with Crippen LogP contribution in [-0.2, 0) is 23.2 Å². The minimum atomic E-state index is -1.38. The molecular weight excluding hydrogens is 876 g/mol. The summed E-state index contributed by atoms with van der Waals surface area (Å²) < 4.78 is 12.8. The molecule has 55 heavy (non-hydrogen) atoms. The molecule has 2 amide bonds. The van der Waals surface area contributed by atoms with E-state index in [1.165, 1.54) is 21.4 Å². The highest BCUT2D eigenvalue weighted by molar-refractivity contribution is 9.13. The number of phenolic OH excluding ortho intramolecular Hbond substituents is 1. The normalized spacial score (nSPS) is 21.8. The molecule has 4 atom stereocenters. The van der Waals surface area contributed by atoms with Crippen molar-refractivity contribution in [2.24, 2.45) is 18.4 Å². The maximum atomic E-state index is 15.2. The minimum Gasteiger partial charge on any atom is -0.503 e. The van der Waals surface area contributed by atoms with Crippen LogP contribution in [-0.4, -0.2) is 47.7 Å². The molecule has 9 rings (SSSR count). The van der Waals surface area contributed by atoms with E-state index in [0.717, 1.165) is 25.1 Å². The monoisotopic (exact) mass is 904 g/mol. The second kappa shape index (κ2) is 12.7. The fraction of sp³-hybridized carbons (Fsp3) is 0.256. The quantitative estimate of drug-likeness (QED) is 0.140. The Balaban J connectivity index is 1.23. The number of imide groups is 1. The molecule has 2 aliphatic heterocycles. The van der Waals surface area contributed by atoms with Gasteiger partial charge in [0, 0.05) is 33.2 Å². The van der Waals surface area contributed by atoms with Crippen molar-refractivity contribution in [1.82, 2.24) is 23.7 Å². The molecule has 12 nitrogen and oxygen atoms in total. The number of anilines is 1. The lowest BCUT2D eigenvalue weighted by Gasteiger charge is -2.47. The number of methoxy groups -OCH3 is 1. The molecule has 280 valence electrons. The van der Waals surface area contributed by atoms with Gasteiger partial charge in [-0.25, -0.2) is 28.4 Å². The molecule has 0 radical (unpaired) electrons. The molecule has 1 aliphatic carbocycles. The van der Waals surface area contributed by atoms with Gasteiger partial charge in [0.25, 0.3) is 0 Å². The number of thiophene rings is 1. The molecule has 1 saturated heterocycles. The van der Waals surface area contributed by atoms with Gasteiger partial charge in [0.1, 0.15) is 11.5 Å². The molecule has 1 saturated carbocycles. The molecule has 1 N–H and O–H groups in total. The average Bonchev–Trinajstić information content (AvgIpc) is 3.84. The van der Waals surface area contributed by atoms with E-state index in [0.29, 0.717) is 42.3 Å². The molecule has 0 bridgehead atoms. The standard InChI is InChI=1S/C39H31Br2ClN6O6S/c1-18-22-14-19(42)10-11-28(22)55-34(18)25-17-29(44(3)43-25)47-35(50)24-16-26-21(12-13-45-37(52)46(38(53)48(26)45)20-8-6-5-7-9-20)30(39(24,2)36(47)51)23-15-27(54-4)33(49)32(41)31(23)40/h5-12,14-15,17,24,26,30,49H,13,16H2,1-4H3/t24-,26+,30+,39+/m0/s1. The van der Waals surface area contributed by atoms with Crippen LogP contribution in [0.25, 0.3) is 26.3 Å². The number of halogens is 3. The second-order valence-corrected chi connectivity index (χ2v) is 17.3. The molecule has 6 aromatic rings. The highest BCUT2D eigenvalue weighted by Crippen LogP contribution is 2.63. The first-order valence-electron chi connectivity index (χ1n) is 17.3.